The molecule has 2 rings (SSSR count). The van der Waals surface area contributed by atoms with Crippen molar-refractivity contribution in [3.8, 4) is 11.5 Å². The summed E-state index contributed by atoms with van der Waals surface area (Å²) in [6.07, 6.45) is 0. The van der Waals surface area contributed by atoms with Crippen LogP contribution in [0.5, 0.6) is 11.5 Å². The third kappa shape index (κ3) is 9.32. The van der Waals surface area contributed by atoms with Crippen molar-refractivity contribution in [3.63, 3.8) is 0 Å². The fraction of sp³-hybridized carbons (Fsp3) is 0.409. The van der Waals surface area contributed by atoms with Gasteiger partial charge in [0.1, 0.15) is 24.7 Å². The average Bonchev–Trinajstić information content (AvgIpc) is 2.74. The molecular weight excluding hydrogens is 372 g/mol. The summed E-state index contributed by atoms with van der Waals surface area (Å²) in [4.78, 5) is 12.2. The lowest BCUT2D eigenvalue weighted by Gasteiger charge is -2.11. The maximum atomic E-state index is 12.2. The minimum Gasteiger partial charge on any atom is -0.491 e. The molecule has 0 unspecified atom stereocenters. The van der Waals surface area contributed by atoms with Crippen LogP contribution in [-0.2, 0) is 14.3 Å². The third-order valence-electron chi connectivity index (χ3n) is 3.83. The number of nitrogens with one attached hydrogen (secondary N) is 2. The summed E-state index contributed by atoms with van der Waals surface area (Å²) in [7, 11) is 0. The van der Waals surface area contributed by atoms with E-state index in [1.54, 1.807) is 6.07 Å². The van der Waals surface area contributed by atoms with E-state index in [-0.39, 0.29) is 12.5 Å². The van der Waals surface area contributed by atoms with Gasteiger partial charge in [-0.15, -0.1) is 0 Å². The van der Waals surface area contributed by atoms with E-state index in [1.807, 2.05) is 56.3 Å². The smallest absolute Gasteiger partial charge is 0.243 e. The monoisotopic (exact) mass is 402 g/mol. The van der Waals surface area contributed by atoms with Crippen molar-refractivity contribution in [1.29, 1.82) is 0 Å². The van der Waals surface area contributed by atoms with E-state index >= 15 is 0 Å². The van der Waals surface area contributed by atoms with Crippen molar-refractivity contribution in [2.75, 3.05) is 56.8 Å². The number of ether oxygens (including phenoxy) is 4. The topological polar surface area (TPSA) is 78.1 Å². The number of rotatable bonds is 14. The zero-order valence-corrected chi connectivity index (χ0v) is 17.1. The molecular formula is C22H30N2O5. The standard InChI is InChI=1S/C22H30N2O5/c1-3-26-12-14-28-20-10-8-18(9-11-20)23-17-22(25)24-19-6-5-7-21(16-19)29-15-13-27-4-2/h5-11,16,23H,3-4,12-15,17H2,1-2H3,(H,24,25). The molecule has 7 nitrogen and oxygen atoms in total. The van der Waals surface area contributed by atoms with Gasteiger partial charge in [-0.1, -0.05) is 6.07 Å². The van der Waals surface area contributed by atoms with Crippen molar-refractivity contribution in [1.82, 2.24) is 0 Å². The molecule has 0 fully saturated rings. The number of carbonyl (C=O) groups is 1. The SMILES string of the molecule is CCOCCOc1ccc(NCC(=O)Nc2cccc(OCCOCC)c2)cc1. The number of amides is 1. The van der Waals surface area contributed by atoms with Crippen molar-refractivity contribution >= 4 is 17.3 Å². The Morgan fingerprint density at radius 1 is 0.793 bits per heavy atom. The predicted octanol–water partition coefficient (Wildman–Crippen LogP) is 3.57. The highest BCUT2D eigenvalue weighted by molar-refractivity contribution is 5.93. The summed E-state index contributed by atoms with van der Waals surface area (Å²) in [5.41, 5.74) is 1.52. The van der Waals surface area contributed by atoms with Crippen LogP contribution < -0.4 is 20.1 Å². The number of hydrogen-bond acceptors (Lipinski definition) is 6. The van der Waals surface area contributed by atoms with E-state index in [4.69, 9.17) is 18.9 Å². The van der Waals surface area contributed by atoms with Gasteiger partial charge in [0, 0.05) is 30.7 Å². The second kappa shape index (κ2) is 13.4. The quantitative estimate of drug-likeness (QED) is 0.471. The van der Waals surface area contributed by atoms with Gasteiger partial charge in [0.05, 0.1) is 19.8 Å². The second-order valence-corrected chi connectivity index (χ2v) is 6.04. The molecule has 2 aromatic rings. The fourth-order valence-corrected chi connectivity index (χ4v) is 2.45. The van der Waals surface area contributed by atoms with Crippen LogP contribution in [0.4, 0.5) is 11.4 Å². The highest BCUT2D eigenvalue weighted by Crippen LogP contribution is 2.18. The molecule has 0 saturated heterocycles. The summed E-state index contributed by atoms with van der Waals surface area (Å²) < 4.78 is 21.6. The maximum absolute atomic E-state index is 12.2. The summed E-state index contributed by atoms with van der Waals surface area (Å²) >= 11 is 0. The summed E-state index contributed by atoms with van der Waals surface area (Å²) in [6.45, 7) is 7.47. The van der Waals surface area contributed by atoms with Gasteiger partial charge in [-0.05, 0) is 50.2 Å². The maximum Gasteiger partial charge on any atom is 0.243 e. The molecule has 0 atom stereocenters. The lowest BCUT2D eigenvalue weighted by molar-refractivity contribution is -0.114. The van der Waals surface area contributed by atoms with Crippen molar-refractivity contribution < 1.29 is 23.7 Å². The van der Waals surface area contributed by atoms with Crippen LogP contribution >= 0.6 is 0 Å². The van der Waals surface area contributed by atoms with Crippen LogP contribution in [0.2, 0.25) is 0 Å². The Hall–Kier alpha value is -2.77. The number of anilines is 2. The molecule has 29 heavy (non-hydrogen) atoms. The van der Waals surface area contributed by atoms with Gasteiger partial charge in [-0.2, -0.15) is 0 Å². The molecule has 0 bridgehead atoms. The molecule has 158 valence electrons. The van der Waals surface area contributed by atoms with Crippen LogP contribution in [0, 0.1) is 0 Å². The fourth-order valence-electron chi connectivity index (χ4n) is 2.45. The van der Waals surface area contributed by atoms with E-state index in [1.165, 1.54) is 0 Å². The van der Waals surface area contributed by atoms with Crippen molar-refractivity contribution in [2.24, 2.45) is 0 Å². The van der Waals surface area contributed by atoms with Crippen molar-refractivity contribution in [3.05, 3.63) is 48.5 Å². The lowest BCUT2D eigenvalue weighted by Crippen LogP contribution is -2.21. The Labute approximate surface area is 172 Å². The van der Waals surface area contributed by atoms with Gasteiger partial charge >= 0.3 is 0 Å². The summed E-state index contributed by atoms with van der Waals surface area (Å²) in [5.74, 6) is 1.31. The van der Waals surface area contributed by atoms with Gasteiger partial charge < -0.3 is 29.6 Å². The molecule has 0 heterocycles. The number of hydrogen-bond donors (Lipinski definition) is 2. The van der Waals surface area contributed by atoms with Crippen LogP contribution in [0.25, 0.3) is 0 Å². The zero-order chi connectivity index (χ0) is 20.7. The highest BCUT2D eigenvalue weighted by Gasteiger charge is 2.04. The normalized spacial score (nSPS) is 10.4. The Morgan fingerprint density at radius 2 is 1.45 bits per heavy atom. The molecule has 2 aromatic carbocycles. The Bertz CT molecular complexity index is 721. The molecule has 7 heteroatoms. The van der Waals surface area contributed by atoms with Crippen LogP contribution in [0.1, 0.15) is 13.8 Å². The van der Waals surface area contributed by atoms with Crippen LogP contribution in [0.3, 0.4) is 0 Å². The van der Waals surface area contributed by atoms with Crippen LogP contribution in [-0.4, -0.2) is 52.1 Å². The first-order valence-corrected chi connectivity index (χ1v) is 9.86. The predicted molar refractivity (Wildman–Crippen MR) is 114 cm³/mol. The summed E-state index contributed by atoms with van der Waals surface area (Å²) in [5, 5.41) is 5.95. The Kier molecular flexibility index (Phi) is 10.4. The van der Waals surface area contributed by atoms with Gasteiger partial charge in [-0.3, -0.25) is 4.79 Å². The minimum absolute atomic E-state index is 0.145. The molecule has 0 spiro atoms. The molecule has 0 aliphatic rings. The van der Waals surface area contributed by atoms with E-state index in [0.717, 1.165) is 11.4 Å². The van der Waals surface area contributed by atoms with E-state index in [0.29, 0.717) is 51.1 Å². The minimum atomic E-state index is -0.145. The van der Waals surface area contributed by atoms with Crippen LogP contribution in [0.15, 0.2) is 48.5 Å². The highest BCUT2D eigenvalue weighted by atomic mass is 16.5. The Morgan fingerprint density at radius 3 is 2.10 bits per heavy atom. The van der Waals surface area contributed by atoms with E-state index in [2.05, 4.69) is 10.6 Å². The lowest BCUT2D eigenvalue weighted by atomic mass is 10.3. The largest absolute Gasteiger partial charge is 0.491 e. The summed E-state index contributed by atoms with van der Waals surface area (Å²) in [6, 6.07) is 14.7. The van der Waals surface area contributed by atoms with Gasteiger partial charge in [0.15, 0.2) is 0 Å². The molecule has 0 aliphatic carbocycles. The van der Waals surface area contributed by atoms with Gasteiger partial charge in [-0.25, -0.2) is 0 Å². The molecule has 0 radical (unpaired) electrons. The first kappa shape index (κ1) is 22.5. The molecule has 0 aromatic heterocycles. The molecule has 1 amide bonds. The van der Waals surface area contributed by atoms with Crippen molar-refractivity contribution in [2.45, 2.75) is 13.8 Å². The molecule has 2 N–H and O–H groups in total. The third-order valence-corrected chi connectivity index (χ3v) is 3.83. The Balaban J connectivity index is 1.72. The van der Waals surface area contributed by atoms with Gasteiger partial charge in [0.25, 0.3) is 0 Å². The zero-order valence-electron chi connectivity index (χ0n) is 17.1. The van der Waals surface area contributed by atoms with Gasteiger partial charge in [0.2, 0.25) is 5.91 Å². The second-order valence-electron chi connectivity index (χ2n) is 6.04. The van der Waals surface area contributed by atoms with E-state index in [9.17, 15) is 4.79 Å². The molecule has 0 saturated carbocycles. The molecule has 0 aliphatic heterocycles. The first-order valence-electron chi connectivity index (χ1n) is 9.86. The first-order chi connectivity index (χ1) is 14.2. The average molecular weight is 402 g/mol. The number of carbonyl (C=O) groups excluding carboxylic acids is 1. The number of benzene rings is 2. The van der Waals surface area contributed by atoms with E-state index < -0.39 is 0 Å².